The van der Waals surface area contributed by atoms with Crippen molar-refractivity contribution in [2.24, 2.45) is 7.05 Å². The lowest BCUT2D eigenvalue weighted by Gasteiger charge is -2.25. The molecule has 3 aromatic rings. The van der Waals surface area contributed by atoms with Crippen LogP contribution in [0.3, 0.4) is 0 Å². The number of carbonyl (C=O) groups is 2. The number of carbonyl (C=O) groups excluding carboxylic acids is 2. The Hall–Kier alpha value is -3.40. The van der Waals surface area contributed by atoms with E-state index in [9.17, 15) is 9.59 Å². The third-order valence-corrected chi connectivity index (χ3v) is 4.68. The lowest BCUT2D eigenvalue weighted by Crippen LogP contribution is -2.50. The molecule has 0 saturated heterocycles. The van der Waals surface area contributed by atoms with E-state index in [1.165, 1.54) is 11.3 Å². The molecule has 0 radical (unpaired) electrons. The third-order valence-electron chi connectivity index (χ3n) is 3.79. The fourth-order valence-corrected chi connectivity index (χ4v) is 3.23. The molecule has 27 heavy (non-hydrogen) atoms. The average molecular weight is 385 g/mol. The number of hydrogen-bond donors (Lipinski definition) is 2. The monoisotopic (exact) mass is 385 g/mol. The van der Waals surface area contributed by atoms with Gasteiger partial charge in [0.2, 0.25) is 6.10 Å². The van der Waals surface area contributed by atoms with Gasteiger partial charge in [-0.05, 0) is 12.1 Å². The number of hydrogen-bond acceptors (Lipinski definition) is 7. The van der Waals surface area contributed by atoms with Crippen LogP contribution in [0.1, 0.15) is 10.5 Å². The Morgan fingerprint density at radius 3 is 2.85 bits per heavy atom. The molecule has 1 aromatic carbocycles. The second-order valence-electron chi connectivity index (χ2n) is 5.75. The average Bonchev–Trinajstić information content (AvgIpc) is 3.34. The van der Waals surface area contributed by atoms with Crippen molar-refractivity contribution >= 4 is 23.2 Å². The number of rotatable bonds is 3. The van der Waals surface area contributed by atoms with E-state index >= 15 is 0 Å². The number of para-hydroxylation sites is 2. The first-order valence-electron chi connectivity index (χ1n) is 8.03. The number of fused-ring (bicyclic) bond motifs is 1. The largest absolute Gasteiger partial charge is 0.485 e. The Bertz CT molecular complexity index is 999. The molecular formula is C17H15N5O4S. The first-order chi connectivity index (χ1) is 13.1. The van der Waals surface area contributed by atoms with Crippen LogP contribution >= 0.6 is 11.3 Å². The number of nitrogens with one attached hydrogen (secondary N) is 2. The maximum Gasteiger partial charge on any atom is 0.289 e. The predicted octanol–water partition coefficient (Wildman–Crippen LogP) is 1.14. The minimum Gasteiger partial charge on any atom is -0.485 e. The van der Waals surface area contributed by atoms with E-state index in [0.717, 1.165) is 5.56 Å². The zero-order valence-electron chi connectivity index (χ0n) is 14.2. The van der Waals surface area contributed by atoms with Gasteiger partial charge in [-0.2, -0.15) is 5.10 Å². The van der Waals surface area contributed by atoms with Crippen LogP contribution in [0.4, 0.5) is 0 Å². The molecule has 2 amide bonds. The molecule has 0 spiro atoms. The predicted molar refractivity (Wildman–Crippen MR) is 96.3 cm³/mol. The topological polar surface area (TPSA) is 107 Å². The SMILES string of the molecule is Cn1cc(-c2nc(C(=O)NNC(=O)C3COc4ccccc4O3)cs2)cn1. The number of ether oxygens (including phenoxy) is 2. The Balaban J connectivity index is 1.34. The summed E-state index contributed by atoms with van der Waals surface area (Å²) in [4.78, 5) is 28.7. The van der Waals surface area contributed by atoms with E-state index in [4.69, 9.17) is 9.47 Å². The molecule has 10 heteroatoms. The van der Waals surface area contributed by atoms with Crippen LogP contribution in [0.5, 0.6) is 11.5 Å². The van der Waals surface area contributed by atoms with Gasteiger partial charge in [0, 0.05) is 24.2 Å². The molecule has 1 aliphatic rings. The van der Waals surface area contributed by atoms with E-state index in [1.807, 2.05) is 6.07 Å². The van der Waals surface area contributed by atoms with Crippen LogP contribution in [0.25, 0.3) is 10.6 Å². The molecule has 1 atom stereocenters. The van der Waals surface area contributed by atoms with Gasteiger partial charge in [-0.1, -0.05) is 12.1 Å². The number of hydrazine groups is 1. The van der Waals surface area contributed by atoms with Crippen molar-refractivity contribution in [2.75, 3.05) is 6.61 Å². The fraction of sp³-hybridized carbons (Fsp3) is 0.176. The Labute approximate surface area is 157 Å². The first-order valence-corrected chi connectivity index (χ1v) is 8.91. The molecule has 9 nitrogen and oxygen atoms in total. The molecule has 0 fully saturated rings. The smallest absolute Gasteiger partial charge is 0.289 e. The first kappa shape index (κ1) is 17.0. The van der Waals surface area contributed by atoms with Gasteiger partial charge in [0.25, 0.3) is 11.8 Å². The fourth-order valence-electron chi connectivity index (χ4n) is 2.45. The number of aryl methyl sites for hydroxylation is 1. The molecule has 1 aliphatic heterocycles. The molecule has 2 N–H and O–H groups in total. The van der Waals surface area contributed by atoms with E-state index in [-0.39, 0.29) is 12.3 Å². The number of amides is 2. The lowest BCUT2D eigenvalue weighted by atomic mass is 10.2. The normalized spacial score (nSPS) is 15.2. The molecule has 0 aliphatic carbocycles. The van der Waals surface area contributed by atoms with Gasteiger partial charge in [-0.15, -0.1) is 11.3 Å². The number of nitrogens with zero attached hydrogens (tertiary/aromatic N) is 3. The summed E-state index contributed by atoms with van der Waals surface area (Å²) in [5, 5.41) is 6.35. The minimum absolute atomic E-state index is 0.0561. The highest BCUT2D eigenvalue weighted by molar-refractivity contribution is 7.13. The van der Waals surface area contributed by atoms with Gasteiger partial charge in [-0.3, -0.25) is 25.1 Å². The second kappa shape index (κ2) is 7.08. The molecule has 3 heterocycles. The molecule has 4 rings (SSSR count). The van der Waals surface area contributed by atoms with E-state index < -0.39 is 17.9 Å². The molecule has 0 saturated carbocycles. The maximum absolute atomic E-state index is 12.2. The van der Waals surface area contributed by atoms with Crippen molar-refractivity contribution < 1.29 is 19.1 Å². The zero-order valence-corrected chi connectivity index (χ0v) is 15.0. The summed E-state index contributed by atoms with van der Waals surface area (Å²) in [6.07, 6.45) is 2.61. The standard InChI is InChI=1S/C17H15N5O4S/c1-22-7-10(6-18-22)17-19-11(9-27-17)15(23)20-21-16(24)14-8-25-12-4-2-3-5-13(12)26-14/h2-7,9,14H,8H2,1H3,(H,20,23)(H,21,24). The van der Waals surface area contributed by atoms with E-state index in [2.05, 4.69) is 20.9 Å². The Kier molecular flexibility index (Phi) is 4.47. The van der Waals surface area contributed by atoms with Crippen molar-refractivity contribution in [2.45, 2.75) is 6.10 Å². The number of thiazole rings is 1. The highest BCUT2D eigenvalue weighted by atomic mass is 32.1. The van der Waals surface area contributed by atoms with Crippen LogP contribution in [-0.2, 0) is 11.8 Å². The van der Waals surface area contributed by atoms with Crippen LogP contribution in [-0.4, -0.2) is 39.3 Å². The number of benzene rings is 1. The van der Waals surface area contributed by atoms with Crippen LogP contribution in [0.15, 0.2) is 42.0 Å². The van der Waals surface area contributed by atoms with Gasteiger partial charge in [0.15, 0.2) is 11.5 Å². The highest BCUT2D eigenvalue weighted by Gasteiger charge is 2.27. The Morgan fingerprint density at radius 2 is 2.07 bits per heavy atom. The van der Waals surface area contributed by atoms with Crippen molar-refractivity contribution in [3.05, 3.63) is 47.7 Å². The van der Waals surface area contributed by atoms with Crippen molar-refractivity contribution in [1.82, 2.24) is 25.6 Å². The minimum atomic E-state index is -0.860. The van der Waals surface area contributed by atoms with Gasteiger partial charge >= 0.3 is 0 Å². The quantitative estimate of drug-likeness (QED) is 0.655. The van der Waals surface area contributed by atoms with E-state index in [0.29, 0.717) is 16.5 Å². The second-order valence-corrected chi connectivity index (χ2v) is 6.61. The van der Waals surface area contributed by atoms with Crippen molar-refractivity contribution in [1.29, 1.82) is 0 Å². The van der Waals surface area contributed by atoms with Crippen LogP contribution < -0.4 is 20.3 Å². The van der Waals surface area contributed by atoms with Gasteiger partial charge in [-0.25, -0.2) is 4.98 Å². The summed E-state index contributed by atoms with van der Waals surface area (Å²) in [5.74, 6) is 0.0271. The summed E-state index contributed by atoms with van der Waals surface area (Å²) < 4.78 is 12.7. The summed E-state index contributed by atoms with van der Waals surface area (Å²) in [6, 6.07) is 7.07. The van der Waals surface area contributed by atoms with Crippen LogP contribution in [0.2, 0.25) is 0 Å². The third kappa shape index (κ3) is 3.60. The summed E-state index contributed by atoms with van der Waals surface area (Å²) in [6.45, 7) is 0.0561. The summed E-state index contributed by atoms with van der Waals surface area (Å²) >= 11 is 1.32. The van der Waals surface area contributed by atoms with Gasteiger partial charge in [0.1, 0.15) is 17.3 Å². The number of aromatic nitrogens is 3. The molecule has 0 bridgehead atoms. The van der Waals surface area contributed by atoms with Crippen molar-refractivity contribution in [3.63, 3.8) is 0 Å². The molecule has 138 valence electrons. The van der Waals surface area contributed by atoms with Gasteiger partial charge in [0.05, 0.1) is 6.20 Å². The van der Waals surface area contributed by atoms with Gasteiger partial charge < -0.3 is 9.47 Å². The summed E-state index contributed by atoms with van der Waals surface area (Å²) in [5.41, 5.74) is 5.69. The highest BCUT2D eigenvalue weighted by Crippen LogP contribution is 2.30. The van der Waals surface area contributed by atoms with Crippen LogP contribution in [0, 0.1) is 0 Å². The summed E-state index contributed by atoms with van der Waals surface area (Å²) in [7, 11) is 1.80. The lowest BCUT2D eigenvalue weighted by molar-refractivity contribution is -0.131. The van der Waals surface area contributed by atoms with E-state index in [1.54, 1.807) is 47.7 Å². The van der Waals surface area contributed by atoms with Crippen molar-refractivity contribution in [3.8, 4) is 22.1 Å². The molecular weight excluding hydrogens is 370 g/mol. The molecule has 1 unspecified atom stereocenters. The molecule has 2 aromatic heterocycles. The maximum atomic E-state index is 12.2. The Morgan fingerprint density at radius 1 is 1.26 bits per heavy atom. The zero-order chi connectivity index (χ0) is 18.8.